The average molecular weight is 479 g/mol. The van der Waals surface area contributed by atoms with Gasteiger partial charge in [0.15, 0.2) is 0 Å². The van der Waals surface area contributed by atoms with Crippen molar-refractivity contribution in [3.63, 3.8) is 0 Å². The third kappa shape index (κ3) is 3.52. The predicted octanol–water partition coefficient (Wildman–Crippen LogP) is 4.82. The topological polar surface area (TPSA) is 71.1 Å². The van der Waals surface area contributed by atoms with Crippen LogP contribution in [0.5, 0.6) is 0 Å². The first-order chi connectivity index (χ1) is 17.1. The maximum absolute atomic E-state index is 13.9. The van der Waals surface area contributed by atoms with Gasteiger partial charge in [-0.3, -0.25) is 15.1 Å². The number of aromatic nitrogens is 2. The van der Waals surface area contributed by atoms with Gasteiger partial charge in [0.05, 0.1) is 49.5 Å². The number of rotatable bonds is 4. The first-order valence-electron chi connectivity index (χ1n) is 11.3. The van der Waals surface area contributed by atoms with Crippen LogP contribution < -0.4 is 10.5 Å². The van der Waals surface area contributed by atoms with Crippen LogP contribution in [0.15, 0.2) is 113 Å². The van der Waals surface area contributed by atoms with E-state index in [1.54, 1.807) is 21.6 Å². The molecule has 4 aromatic carbocycles. The van der Waals surface area contributed by atoms with Crippen LogP contribution in [-0.4, -0.2) is 19.3 Å². The molecule has 7 heteroatoms. The van der Waals surface area contributed by atoms with Gasteiger partial charge in [0.2, 0.25) is 5.62 Å². The molecule has 6 nitrogen and oxygen atoms in total. The molecule has 0 saturated carbocycles. The van der Waals surface area contributed by atoms with Crippen LogP contribution in [0.3, 0.4) is 0 Å². The molecular formula is C28H22N4O2S. The molecule has 1 aliphatic rings. The lowest BCUT2D eigenvalue weighted by atomic mass is 10.2. The minimum absolute atomic E-state index is 0.0174. The average Bonchev–Trinajstić information content (AvgIpc) is 3.15. The molecule has 0 saturated heterocycles. The number of para-hydroxylation sites is 4. The Morgan fingerprint density at radius 1 is 0.686 bits per heavy atom. The molecule has 0 bridgehead atoms. The Morgan fingerprint density at radius 3 is 1.83 bits per heavy atom. The zero-order valence-corrected chi connectivity index (χ0v) is 19.6. The summed E-state index contributed by atoms with van der Waals surface area (Å²) >= 11 is 0. The molecular weight excluding hydrogens is 456 g/mol. The molecule has 5 aromatic rings. The molecule has 0 aliphatic carbocycles. The van der Waals surface area contributed by atoms with Crippen molar-refractivity contribution in [3.05, 3.63) is 114 Å². The number of carbonyl (C=O) groups excluding carboxylic acids is 1. The van der Waals surface area contributed by atoms with E-state index in [1.807, 2.05) is 95.6 Å². The van der Waals surface area contributed by atoms with E-state index < -0.39 is 10.8 Å². The van der Waals surface area contributed by atoms with Crippen molar-refractivity contribution in [2.75, 3.05) is 4.90 Å². The van der Waals surface area contributed by atoms with Gasteiger partial charge in [-0.25, -0.2) is 4.21 Å². The highest BCUT2D eigenvalue weighted by atomic mass is 32.2. The zero-order chi connectivity index (χ0) is 23.9. The number of hydrogen-bond acceptors (Lipinski definition) is 3. The summed E-state index contributed by atoms with van der Waals surface area (Å²) in [5, 5.41) is 8.96. The maximum atomic E-state index is 13.9. The van der Waals surface area contributed by atoms with Gasteiger partial charge in [-0.2, -0.15) is 0 Å². The molecule has 0 fully saturated rings. The number of imidazole rings is 1. The number of nitrogens with zero attached hydrogens (tertiary/aromatic N) is 3. The van der Waals surface area contributed by atoms with Crippen molar-refractivity contribution in [1.29, 1.82) is 5.41 Å². The van der Waals surface area contributed by atoms with E-state index in [9.17, 15) is 9.00 Å². The highest BCUT2D eigenvalue weighted by Gasteiger charge is 2.32. The third-order valence-corrected chi connectivity index (χ3v) is 7.80. The smallest absolute Gasteiger partial charge is 0.251 e. The van der Waals surface area contributed by atoms with Gasteiger partial charge in [0, 0.05) is 0 Å². The molecule has 0 radical (unpaired) electrons. The fourth-order valence-electron chi connectivity index (χ4n) is 4.70. The number of fused-ring (bicyclic) bond motifs is 3. The quantitative estimate of drug-likeness (QED) is 0.403. The Bertz CT molecular complexity index is 1620. The standard InChI is InChI=1S/C28H22N4O2S/c29-28-30(18-20-10-2-1-3-11-20)21-12-4-5-13-22(21)31(28)19-27(33)32-23-14-6-8-16-25(23)35(34)26-17-9-7-15-24(26)32/h1-17,29H,18-19H2. The van der Waals surface area contributed by atoms with Gasteiger partial charge >= 0.3 is 0 Å². The minimum Gasteiger partial charge on any atom is -0.306 e. The van der Waals surface area contributed by atoms with Crippen LogP contribution in [0.25, 0.3) is 11.0 Å². The van der Waals surface area contributed by atoms with E-state index in [1.165, 1.54) is 0 Å². The molecule has 35 heavy (non-hydrogen) atoms. The van der Waals surface area contributed by atoms with Crippen molar-refractivity contribution in [3.8, 4) is 0 Å². The fourth-order valence-corrected chi connectivity index (χ4v) is 6.04. The minimum atomic E-state index is -1.36. The molecule has 0 unspecified atom stereocenters. The summed E-state index contributed by atoms with van der Waals surface area (Å²) < 4.78 is 16.8. The maximum Gasteiger partial charge on any atom is 0.251 e. The highest BCUT2D eigenvalue weighted by molar-refractivity contribution is 7.85. The summed E-state index contributed by atoms with van der Waals surface area (Å²) in [5.74, 6) is -0.192. The van der Waals surface area contributed by atoms with Crippen LogP contribution in [0, 0.1) is 5.41 Å². The van der Waals surface area contributed by atoms with Gasteiger partial charge in [-0.1, -0.05) is 66.7 Å². The Morgan fingerprint density at radius 2 is 1.20 bits per heavy atom. The van der Waals surface area contributed by atoms with Gasteiger partial charge < -0.3 is 9.13 Å². The molecule has 0 atom stereocenters. The summed E-state index contributed by atoms with van der Waals surface area (Å²) in [4.78, 5) is 16.7. The van der Waals surface area contributed by atoms with Gasteiger partial charge in [0.25, 0.3) is 5.91 Å². The zero-order valence-electron chi connectivity index (χ0n) is 18.8. The highest BCUT2D eigenvalue weighted by Crippen LogP contribution is 2.41. The molecule has 1 aliphatic heterocycles. The molecule has 172 valence electrons. The summed E-state index contributed by atoms with van der Waals surface area (Å²) in [5.41, 5.74) is 4.30. The Labute approximate surface area is 204 Å². The second-order valence-electron chi connectivity index (χ2n) is 8.40. The third-order valence-electron chi connectivity index (χ3n) is 6.31. The number of anilines is 2. The van der Waals surface area contributed by atoms with E-state index in [0.717, 1.165) is 16.6 Å². The molecule has 2 heterocycles. The van der Waals surface area contributed by atoms with Gasteiger partial charge in [0.1, 0.15) is 6.54 Å². The van der Waals surface area contributed by atoms with Crippen LogP contribution in [0.1, 0.15) is 5.56 Å². The van der Waals surface area contributed by atoms with Crippen LogP contribution in [0.4, 0.5) is 11.4 Å². The van der Waals surface area contributed by atoms with Crippen molar-refractivity contribution in [2.45, 2.75) is 22.9 Å². The van der Waals surface area contributed by atoms with Crippen LogP contribution in [0.2, 0.25) is 0 Å². The largest absolute Gasteiger partial charge is 0.306 e. The lowest BCUT2D eigenvalue weighted by Gasteiger charge is -2.31. The second kappa shape index (κ2) is 8.52. The van der Waals surface area contributed by atoms with Crippen LogP contribution in [-0.2, 0) is 28.7 Å². The second-order valence-corrected chi connectivity index (χ2v) is 9.82. The van der Waals surface area contributed by atoms with E-state index >= 15 is 0 Å². The normalized spacial score (nSPS) is 13.0. The first-order valence-corrected chi connectivity index (χ1v) is 12.5. The van der Waals surface area contributed by atoms with E-state index in [4.69, 9.17) is 5.41 Å². The number of hydrogen-bond donors (Lipinski definition) is 1. The van der Waals surface area contributed by atoms with E-state index in [-0.39, 0.29) is 18.1 Å². The van der Waals surface area contributed by atoms with Gasteiger partial charge in [-0.15, -0.1) is 0 Å². The molecule has 1 amide bonds. The summed E-state index contributed by atoms with van der Waals surface area (Å²) in [6.45, 7) is 0.520. The summed E-state index contributed by atoms with van der Waals surface area (Å²) in [6, 6.07) is 32.4. The lowest BCUT2D eigenvalue weighted by molar-refractivity contribution is -0.118. The monoisotopic (exact) mass is 478 g/mol. The van der Waals surface area contributed by atoms with Crippen molar-refractivity contribution in [1.82, 2.24) is 9.13 Å². The summed E-state index contributed by atoms with van der Waals surface area (Å²) in [7, 11) is -1.36. The van der Waals surface area contributed by atoms with Crippen molar-refractivity contribution >= 4 is 39.1 Å². The van der Waals surface area contributed by atoms with E-state index in [0.29, 0.717) is 27.7 Å². The first kappa shape index (κ1) is 21.3. The molecule has 1 N–H and O–H groups in total. The number of nitrogens with one attached hydrogen (secondary N) is 1. The molecule has 0 spiro atoms. The van der Waals surface area contributed by atoms with Crippen molar-refractivity contribution in [2.24, 2.45) is 0 Å². The Hall–Kier alpha value is -4.23. The Balaban J connectivity index is 1.45. The van der Waals surface area contributed by atoms with Crippen LogP contribution >= 0.6 is 0 Å². The number of amides is 1. The number of benzene rings is 4. The van der Waals surface area contributed by atoms with Crippen molar-refractivity contribution < 1.29 is 9.00 Å². The van der Waals surface area contributed by atoms with E-state index in [2.05, 4.69) is 0 Å². The molecule has 1 aromatic heterocycles. The molecule has 6 rings (SSSR count). The fraction of sp³-hybridized carbons (Fsp3) is 0.0714. The summed E-state index contributed by atoms with van der Waals surface area (Å²) in [6.07, 6.45) is 0. The lowest BCUT2D eigenvalue weighted by Crippen LogP contribution is -2.36. The Kier molecular flexibility index (Phi) is 5.19. The van der Waals surface area contributed by atoms with Gasteiger partial charge in [-0.05, 0) is 42.0 Å². The SMILES string of the molecule is N=c1n(CC(=O)N2c3ccccc3S(=O)c3ccccc32)c2ccccc2n1Cc1ccccc1. The number of carbonyl (C=O) groups is 1. The predicted molar refractivity (Wildman–Crippen MR) is 136 cm³/mol.